The Bertz CT molecular complexity index is 647. The lowest BCUT2D eigenvalue weighted by molar-refractivity contribution is -0.324. The minimum absolute atomic E-state index is 0.0856. The van der Waals surface area contributed by atoms with Crippen LogP contribution in [-0.2, 0) is 20.8 Å². The molecule has 0 saturated heterocycles. The van der Waals surface area contributed by atoms with Gasteiger partial charge in [-0.2, -0.15) is 0 Å². The Balaban J connectivity index is 1.80. The Morgan fingerprint density at radius 2 is 1.50 bits per heavy atom. The van der Waals surface area contributed by atoms with Gasteiger partial charge in [-0.15, -0.1) is 13.2 Å². The molecule has 2 atom stereocenters. The topological polar surface area (TPSA) is 27.7 Å². The summed E-state index contributed by atoms with van der Waals surface area (Å²) in [5, 5.41) is 0. The maximum absolute atomic E-state index is 12.1. The van der Waals surface area contributed by atoms with Crippen molar-refractivity contribution in [2.75, 3.05) is 13.2 Å². The highest BCUT2D eigenvalue weighted by molar-refractivity contribution is 5.16. The Hall–Kier alpha value is -1.89. The summed E-state index contributed by atoms with van der Waals surface area (Å²) < 4.78 is 51.9. The summed E-state index contributed by atoms with van der Waals surface area (Å²) in [6.45, 7) is 2.45. The van der Waals surface area contributed by atoms with Crippen LogP contribution in [0.5, 0.6) is 0 Å². The van der Waals surface area contributed by atoms with Crippen LogP contribution in [0.25, 0.3) is 0 Å². The molecule has 0 N–H and O–H groups in total. The first kappa shape index (κ1) is 22.4. The smallest absolute Gasteiger partial charge is 0.371 e. The van der Waals surface area contributed by atoms with Gasteiger partial charge in [0, 0.05) is 0 Å². The summed E-state index contributed by atoms with van der Waals surface area (Å²) in [6.07, 6.45) is -3.36. The lowest BCUT2D eigenvalue weighted by Gasteiger charge is -2.21. The molecular formula is C22H27F3O3. The van der Waals surface area contributed by atoms with E-state index in [1.807, 2.05) is 67.6 Å². The molecule has 0 spiro atoms. The van der Waals surface area contributed by atoms with E-state index in [-0.39, 0.29) is 18.8 Å². The molecule has 0 aliphatic heterocycles. The van der Waals surface area contributed by atoms with Crippen molar-refractivity contribution in [3.05, 3.63) is 71.8 Å². The largest absolute Gasteiger partial charge is 0.522 e. The van der Waals surface area contributed by atoms with Crippen molar-refractivity contribution in [1.29, 1.82) is 0 Å². The molecule has 2 rings (SSSR count). The van der Waals surface area contributed by atoms with E-state index in [9.17, 15) is 13.2 Å². The van der Waals surface area contributed by atoms with Crippen molar-refractivity contribution in [3.63, 3.8) is 0 Å². The number of halogens is 3. The number of alkyl halides is 3. The standard InChI is InChI=1S/C22H27F3O3/c1-18(20-12-6-3-7-13-20)26-17-21(14-8-9-15-28-22(23,24)25)27-16-19-10-4-2-5-11-19/h2-7,10-13,18,21H,8-9,14-17H2,1H3. The quantitative estimate of drug-likeness (QED) is 0.408. The fourth-order valence-corrected chi connectivity index (χ4v) is 2.74. The van der Waals surface area contributed by atoms with Crippen LogP contribution < -0.4 is 0 Å². The highest BCUT2D eigenvalue weighted by atomic mass is 19.4. The van der Waals surface area contributed by atoms with Crippen LogP contribution in [0.15, 0.2) is 60.7 Å². The maximum atomic E-state index is 12.1. The van der Waals surface area contributed by atoms with Gasteiger partial charge in [0.15, 0.2) is 0 Å². The third-order valence-electron chi connectivity index (χ3n) is 4.32. The van der Waals surface area contributed by atoms with Gasteiger partial charge < -0.3 is 9.47 Å². The van der Waals surface area contributed by atoms with Crippen molar-refractivity contribution in [2.45, 2.75) is 51.4 Å². The number of benzene rings is 2. The molecule has 0 heterocycles. The lowest BCUT2D eigenvalue weighted by Crippen LogP contribution is -2.21. The van der Waals surface area contributed by atoms with Gasteiger partial charge in [0.25, 0.3) is 0 Å². The zero-order valence-electron chi connectivity index (χ0n) is 16.0. The van der Waals surface area contributed by atoms with Crippen LogP contribution in [-0.4, -0.2) is 25.7 Å². The second-order valence-corrected chi connectivity index (χ2v) is 6.59. The average Bonchev–Trinajstić information content (AvgIpc) is 2.69. The number of hydrogen-bond donors (Lipinski definition) is 0. The van der Waals surface area contributed by atoms with E-state index in [2.05, 4.69) is 4.74 Å². The van der Waals surface area contributed by atoms with Crippen molar-refractivity contribution in [1.82, 2.24) is 0 Å². The zero-order chi connectivity index (χ0) is 20.2. The van der Waals surface area contributed by atoms with E-state index in [1.165, 1.54) is 0 Å². The van der Waals surface area contributed by atoms with Crippen LogP contribution in [0, 0.1) is 0 Å². The molecule has 0 fully saturated rings. The van der Waals surface area contributed by atoms with Crippen LogP contribution in [0.1, 0.15) is 43.4 Å². The minimum atomic E-state index is -4.57. The van der Waals surface area contributed by atoms with Crippen molar-refractivity contribution in [3.8, 4) is 0 Å². The highest BCUT2D eigenvalue weighted by Crippen LogP contribution is 2.20. The average molecular weight is 396 g/mol. The molecule has 2 aromatic carbocycles. The van der Waals surface area contributed by atoms with Gasteiger partial charge in [-0.1, -0.05) is 60.7 Å². The Morgan fingerprint density at radius 1 is 0.857 bits per heavy atom. The van der Waals surface area contributed by atoms with E-state index in [1.54, 1.807) is 0 Å². The van der Waals surface area contributed by atoms with E-state index in [0.717, 1.165) is 11.1 Å². The fraction of sp³-hybridized carbons (Fsp3) is 0.455. The highest BCUT2D eigenvalue weighted by Gasteiger charge is 2.28. The zero-order valence-corrected chi connectivity index (χ0v) is 16.0. The molecule has 0 bridgehead atoms. The number of rotatable bonds is 12. The SMILES string of the molecule is CC(OCC(CCCCOC(F)(F)F)OCc1ccccc1)c1ccccc1. The predicted molar refractivity (Wildman–Crippen MR) is 102 cm³/mol. The van der Waals surface area contributed by atoms with Gasteiger partial charge >= 0.3 is 6.36 Å². The molecule has 2 aromatic rings. The first-order valence-corrected chi connectivity index (χ1v) is 9.47. The first-order valence-electron chi connectivity index (χ1n) is 9.47. The monoisotopic (exact) mass is 396 g/mol. The van der Waals surface area contributed by atoms with Gasteiger partial charge in [-0.3, -0.25) is 4.74 Å². The second kappa shape index (κ2) is 11.8. The molecule has 0 amide bonds. The van der Waals surface area contributed by atoms with Crippen LogP contribution >= 0.6 is 0 Å². The summed E-state index contributed by atoms with van der Waals surface area (Å²) in [5.74, 6) is 0. The van der Waals surface area contributed by atoms with E-state index in [0.29, 0.717) is 32.5 Å². The number of unbranched alkanes of at least 4 members (excludes halogenated alkanes) is 1. The van der Waals surface area contributed by atoms with Crippen molar-refractivity contribution in [2.24, 2.45) is 0 Å². The summed E-state index contributed by atoms with van der Waals surface area (Å²) in [4.78, 5) is 0. The predicted octanol–water partition coefficient (Wildman–Crippen LogP) is 6.06. The van der Waals surface area contributed by atoms with Crippen molar-refractivity contribution < 1.29 is 27.4 Å². The summed E-state index contributed by atoms with van der Waals surface area (Å²) in [7, 11) is 0. The molecule has 2 unspecified atom stereocenters. The molecule has 3 nitrogen and oxygen atoms in total. The van der Waals surface area contributed by atoms with E-state index < -0.39 is 6.36 Å². The van der Waals surface area contributed by atoms with Gasteiger partial charge in [0.1, 0.15) is 0 Å². The third-order valence-corrected chi connectivity index (χ3v) is 4.32. The molecular weight excluding hydrogens is 369 g/mol. The number of ether oxygens (including phenoxy) is 3. The molecule has 0 aromatic heterocycles. The van der Waals surface area contributed by atoms with Gasteiger partial charge in [0.05, 0.1) is 32.0 Å². The molecule has 0 aliphatic carbocycles. The van der Waals surface area contributed by atoms with Crippen LogP contribution in [0.2, 0.25) is 0 Å². The van der Waals surface area contributed by atoms with E-state index >= 15 is 0 Å². The molecule has 0 radical (unpaired) electrons. The summed E-state index contributed by atoms with van der Waals surface area (Å²) in [6, 6.07) is 19.6. The Labute approximate surface area is 164 Å². The van der Waals surface area contributed by atoms with Crippen LogP contribution in [0.4, 0.5) is 13.2 Å². The molecule has 6 heteroatoms. The third kappa shape index (κ3) is 9.35. The van der Waals surface area contributed by atoms with E-state index in [4.69, 9.17) is 9.47 Å². The second-order valence-electron chi connectivity index (χ2n) is 6.59. The first-order chi connectivity index (χ1) is 13.4. The molecule has 154 valence electrons. The number of hydrogen-bond acceptors (Lipinski definition) is 3. The molecule has 0 saturated carbocycles. The minimum Gasteiger partial charge on any atom is -0.371 e. The Kier molecular flexibility index (Phi) is 9.47. The van der Waals surface area contributed by atoms with Gasteiger partial charge in [-0.25, -0.2) is 0 Å². The molecule has 28 heavy (non-hydrogen) atoms. The Morgan fingerprint density at radius 3 is 2.14 bits per heavy atom. The fourth-order valence-electron chi connectivity index (χ4n) is 2.74. The van der Waals surface area contributed by atoms with Crippen LogP contribution in [0.3, 0.4) is 0 Å². The maximum Gasteiger partial charge on any atom is 0.522 e. The summed E-state index contributed by atoms with van der Waals surface area (Å²) in [5.41, 5.74) is 2.12. The van der Waals surface area contributed by atoms with Gasteiger partial charge in [-0.05, 0) is 37.3 Å². The summed E-state index contributed by atoms with van der Waals surface area (Å²) >= 11 is 0. The van der Waals surface area contributed by atoms with Gasteiger partial charge in [0.2, 0.25) is 0 Å². The normalized spacial score (nSPS) is 14.0. The molecule has 0 aliphatic rings. The van der Waals surface area contributed by atoms with Crippen molar-refractivity contribution >= 4 is 0 Å². The lowest BCUT2D eigenvalue weighted by atomic mass is 10.1.